The maximum absolute atomic E-state index is 13.5. The fourth-order valence-corrected chi connectivity index (χ4v) is 4.63. The van der Waals surface area contributed by atoms with E-state index in [0.29, 0.717) is 14.7 Å². The van der Waals surface area contributed by atoms with E-state index < -0.39 is 30.4 Å². The highest BCUT2D eigenvalue weighted by Gasteiger charge is 2.38. The normalized spacial score (nSPS) is 11.4. The van der Waals surface area contributed by atoms with Crippen molar-refractivity contribution in [1.29, 1.82) is 0 Å². The number of aryl methyl sites for hydroxylation is 1. The number of halogens is 5. The molecule has 4 rings (SSSR count). The number of rotatable bonds is 6. The summed E-state index contributed by atoms with van der Waals surface area (Å²) in [7, 11) is 1.47. The van der Waals surface area contributed by atoms with Gasteiger partial charge in [-0.1, -0.05) is 0 Å². The van der Waals surface area contributed by atoms with E-state index in [1.165, 1.54) is 24.0 Å². The molecule has 0 aliphatic rings. The van der Waals surface area contributed by atoms with Crippen LogP contribution in [0.5, 0.6) is 0 Å². The van der Waals surface area contributed by atoms with Crippen LogP contribution in [-0.4, -0.2) is 53.8 Å². The monoisotopic (exact) mass is 689 g/mol. The molecule has 0 bridgehead atoms. The second-order valence-corrected chi connectivity index (χ2v) is 9.68. The molecule has 11 nitrogen and oxygen atoms in total. The van der Waals surface area contributed by atoms with Gasteiger partial charge in [-0.25, -0.2) is 14.3 Å². The third kappa shape index (κ3) is 5.63. The molecular weight excluding hydrogens is 674 g/mol. The molecular formula is C21H16BrF3IN9O2. The number of nitrogens with zero attached hydrogens (tertiary/aromatic N) is 7. The fourth-order valence-electron chi connectivity index (χ4n) is 3.43. The van der Waals surface area contributed by atoms with Gasteiger partial charge in [-0.3, -0.25) is 9.59 Å². The van der Waals surface area contributed by atoms with E-state index in [9.17, 15) is 22.8 Å². The molecule has 0 unspecified atom stereocenters. The number of tetrazole rings is 1. The number of benzene rings is 1. The molecule has 3 aromatic heterocycles. The summed E-state index contributed by atoms with van der Waals surface area (Å²) in [6, 6.07) is 8.04. The molecule has 4 aromatic rings. The Balaban J connectivity index is 1.78. The number of alkyl halides is 3. The number of aromatic nitrogens is 7. The number of pyridine rings is 1. The zero-order chi connectivity index (χ0) is 26.9. The minimum atomic E-state index is -4.78. The van der Waals surface area contributed by atoms with Crippen LogP contribution in [0.2, 0.25) is 0 Å². The van der Waals surface area contributed by atoms with Crippen molar-refractivity contribution in [2.75, 3.05) is 12.4 Å². The molecule has 192 valence electrons. The molecule has 16 heteroatoms. The van der Waals surface area contributed by atoms with Crippen molar-refractivity contribution in [3.63, 3.8) is 0 Å². The van der Waals surface area contributed by atoms with Gasteiger partial charge in [0.05, 0.1) is 28.0 Å². The molecule has 0 fully saturated rings. The number of anilines is 1. The first-order valence-electron chi connectivity index (χ1n) is 10.4. The number of hydrogen-bond donors (Lipinski definition) is 2. The molecule has 37 heavy (non-hydrogen) atoms. The molecule has 0 aliphatic heterocycles. The predicted octanol–water partition coefficient (Wildman–Crippen LogP) is 3.61. The van der Waals surface area contributed by atoms with Crippen molar-refractivity contribution in [3.8, 4) is 5.82 Å². The first kappa shape index (κ1) is 26.6. The topological polar surface area (TPSA) is 133 Å². The Hall–Kier alpha value is -3.41. The standard InChI is InChI=1S/C21H16BrF3IN9O2/c1-10-6-11(26)7-13(18(36)27-2)16(10)29-19(37)15-8-12(9-34-20(21(23,24)25)30-32-33-34)31-35(15)17-14(22)4-3-5-28-17/h3-8H,9H2,1-2H3,(H,27,36)(H,29,37). The van der Waals surface area contributed by atoms with E-state index in [4.69, 9.17) is 0 Å². The molecule has 2 amide bonds. The van der Waals surface area contributed by atoms with E-state index in [0.717, 1.165) is 3.57 Å². The van der Waals surface area contributed by atoms with Crippen molar-refractivity contribution >= 4 is 56.0 Å². The second kappa shape index (κ2) is 10.5. The first-order valence-corrected chi connectivity index (χ1v) is 12.2. The molecule has 0 saturated heterocycles. The maximum atomic E-state index is 13.5. The summed E-state index contributed by atoms with van der Waals surface area (Å²) in [5, 5.41) is 19.1. The zero-order valence-corrected chi connectivity index (χ0v) is 22.8. The SMILES string of the molecule is CNC(=O)c1cc(I)cc(C)c1NC(=O)c1cc(Cn2nnnc2C(F)(F)F)nn1-c1ncccc1Br. The van der Waals surface area contributed by atoms with Crippen LogP contribution < -0.4 is 10.6 Å². The van der Waals surface area contributed by atoms with Crippen LogP contribution in [0.4, 0.5) is 18.9 Å². The number of carbonyl (C=O) groups excluding carboxylic acids is 2. The minimum absolute atomic E-state index is 0.0446. The van der Waals surface area contributed by atoms with Crippen molar-refractivity contribution in [2.24, 2.45) is 0 Å². The number of amides is 2. The van der Waals surface area contributed by atoms with E-state index >= 15 is 0 Å². The molecule has 0 atom stereocenters. The Morgan fingerprint density at radius 3 is 2.62 bits per heavy atom. The van der Waals surface area contributed by atoms with Gasteiger partial charge in [-0.05, 0) is 91.8 Å². The quantitative estimate of drug-likeness (QED) is 0.296. The molecule has 3 heterocycles. The largest absolute Gasteiger partial charge is 0.453 e. The minimum Gasteiger partial charge on any atom is -0.355 e. The summed E-state index contributed by atoms with van der Waals surface area (Å²) in [6.07, 6.45) is -3.31. The van der Waals surface area contributed by atoms with Crippen LogP contribution in [-0.2, 0) is 12.7 Å². The van der Waals surface area contributed by atoms with E-state index in [1.807, 2.05) is 0 Å². The average Bonchev–Trinajstić information content (AvgIpc) is 3.48. The third-order valence-corrected chi connectivity index (χ3v) is 6.28. The smallest absolute Gasteiger partial charge is 0.355 e. The highest BCUT2D eigenvalue weighted by molar-refractivity contribution is 14.1. The van der Waals surface area contributed by atoms with Gasteiger partial charge < -0.3 is 10.6 Å². The van der Waals surface area contributed by atoms with Gasteiger partial charge in [0.2, 0.25) is 0 Å². The molecule has 0 radical (unpaired) electrons. The zero-order valence-electron chi connectivity index (χ0n) is 19.0. The van der Waals surface area contributed by atoms with Crippen LogP contribution in [0.15, 0.2) is 41.0 Å². The van der Waals surface area contributed by atoms with E-state index in [2.05, 4.69) is 74.8 Å². The Labute approximate surface area is 229 Å². The van der Waals surface area contributed by atoms with Crippen molar-refractivity contribution in [3.05, 3.63) is 72.9 Å². The van der Waals surface area contributed by atoms with Gasteiger partial charge in [0.25, 0.3) is 17.6 Å². The van der Waals surface area contributed by atoms with Crippen LogP contribution in [0.1, 0.15) is 37.9 Å². The lowest BCUT2D eigenvalue weighted by molar-refractivity contribution is -0.147. The van der Waals surface area contributed by atoms with Gasteiger partial charge in [0, 0.05) is 16.8 Å². The Kier molecular flexibility index (Phi) is 7.58. The molecule has 0 aliphatic carbocycles. The fraction of sp³-hybridized carbons (Fsp3) is 0.190. The summed E-state index contributed by atoms with van der Waals surface area (Å²) in [6.45, 7) is 1.27. The van der Waals surface area contributed by atoms with Gasteiger partial charge in [-0.2, -0.15) is 18.3 Å². The number of hydrogen-bond acceptors (Lipinski definition) is 7. The molecule has 0 saturated carbocycles. The van der Waals surface area contributed by atoms with Crippen molar-refractivity contribution < 1.29 is 22.8 Å². The first-order chi connectivity index (χ1) is 17.5. The van der Waals surface area contributed by atoms with Crippen LogP contribution >= 0.6 is 38.5 Å². The number of carbonyl (C=O) groups is 2. The Morgan fingerprint density at radius 2 is 1.95 bits per heavy atom. The maximum Gasteiger partial charge on any atom is 0.453 e. The summed E-state index contributed by atoms with van der Waals surface area (Å²) >= 11 is 5.42. The Bertz CT molecular complexity index is 1500. The lowest BCUT2D eigenvalue weighted by atomic mass is 10.1. The lowest BCUT2D eigenvalue weighted by Crippen LogP contribution is -2.24. The molecule has 2 N–H and O–H groups in total. The van der Waals surface area contributed by atoms with Gasteiger partial charge in [0.1, 0.15) is 5.69 Å². The van der Waals surface area contributed by atoms with E-state index in [-0.39, 0.29) is 28.5 Å². The summed E-state index contributed by atoms with van der Waals surface area (Å²) in [5.41, 5.74) is 1.17. The molecule has 1 aromatic carbocycles. The summed E-state index contributed by atoms with van der Waals surface area (Å²) in [4.78, 5) is 30.2. The third-order valence-electron chi connectivity index (χ3n) is 5.04. The van der Waals surface area contributed by atoms with Gasteiger partial charge in [0.15, 0.2) is 5.82 Å². The Morgan fingerprint density at radius 1 is 1.19 bits per heavy atom. The summed E-state index contributed by atoms with van der Waals surface area (Å²) < 4.78 is 42.8. The summed E-state index contributed by atoms with van der Waals surface area (Å²) in [5.74, 6) is -2.16. The van der Waals surface area contributed by atoms with Crippen molar-refractivity contribution in [2.45, 2.75) is 19.6 Å². The predicted molar refractivity (Wildman–Crippen MR) is 136 cm³/mol. The molecule has 0 spiro atoms. The van der Waals surface area contributed by atoms with Crippen LogP contribution in [0.3, 0.4) is 0 Å². The highest BCUT2D eigenvalue weighted by Crippen LogP contribution is 2.28. The van der Waals surface area contributed by atoms with Crippen molar-refractivity contribution in [1.82, 2.24) is 40.3 Å². The highest BCUT2D eigenvalue weighted by atomic mass is 127. The van der Waals surface area contributed by atoms with Crippen LogP contribution in [0.25, 0.3) is 5.82 Å². The number of nitrogens with one attached hydrogen (secondary N) is 2. The van der Waals surface area contributed by atoms with E-state index in [1.54, 1.807) is 31.2 Å². The average molecular weight is 690 g/mol. The van der Waals surface area contributed by atoms with Gasteiger partial charge >= 0.3 is 6.18 Å². The van der Waals surface area contributed by atoms with Gasteiger partial charge in [-0.15, -0.1) is 5.10 Å². The lowest BCUT2D eigenvalue weighted by Gasteiger charge is -2.14. The van der Waals surface area contributed by atoms with Crippen LogP contribution in [0, 0.1) is 10.5 Å². The second-order valence-electron chi connectivity index (χ2n) is 7.58.